The molecule has 0 radical (unpaired) electrons. The molecule has 2 aromatic rings. The van der Waals surface area contributed by atoms with Crippen molar-refractivity contribution in [1.29, 1.82) is 0 Å². The second-order valence-electron chi connectivity index (χ2n) is 5.12. The molecule has 2 rings (SSSR count). The summed E-state index contributed by atoms with van der Waals surface area (Å²) in [7, 11) is 2.02. The van der Waals surface area contributed by atoms with Gasteiger partial charge in [0, 0.05) is 22.0 Å². The maximum Gasteiger partial charge on any atom is 0.275 e. The summed E-state index contributed by atoms with van der Waals surface area (Å²) < 4.78 is 0. The van der Waals surface area contributed by atoms with Crippen molar-refractivity contribution in [3.63, 3.8) is 0 Å². The monoisotopic (exact) mass is 323 g/mol. The van der Waals surface area contributed by atoms with E-state index in [1.54, 1.807) is 11.3 Å². The van der Waals surface area contributed by atoms with Crippen LogP contribution in [0.5, 0.6) is 0 Å². The molecule has 0 saturated carbocycles. The third-order valence-electron chi connectivity index (χ3n) is 3.16. The maximum atomic E-state index is 11.9. The number of quaternary nitrogens is 1. The summed E-state index contributed by atoms with van der Waals surface area (Å²) in [5, 5.41) is 5.77. The zero-order chi connectivity index (χ0) is 15.1. The van der Waals surface area contributed by atoms with Gasteiger partial charge in [-0.3, -0.25) is 4.79 Å². The van der Waals surface area contributed by atoms with Crippen LogP contribution in [0.25, 0.3) is 0 Å². The minimum Gasteiger partial charge on any atom is -0.351 e. The lowest BCUT2D eigenvalue weighted by Crippen LogP contribution is -3.08. The standard InChI is InChI=1S/C16H19ClN2OS/c1-19(11-13-4-6-14(17)7-5-13)12-16(20)18-9-8-15-3-2-10-21-15/h2-7,10H,8-9,11-12H2,1H3,(H,18,20)/p+1. The van der Waals surface area contributed by atoms with Crippen LogP contribution in [0.15, 0.2) is 41.8 Å². The van der Waals surface area contributed by atoms with Gasteiger partial charge in [0.25, 0.3) is 5.91 Å². The lowest BCUT2D eigenvalue weighted by atomic mass is 10.2. The van der Waals surface area contributed by atoms with E-state index in [4.69, 9.17) is 11.6 Å². The van der Waals surface area contributed by atoms with Crippen LogP contribution in [0.3, 0.4) is 0 Å². The first-order valence-corrected chi connectivity index (χ1v) is 8.24. The molecule has 0 aliphatic carbocycles. The van der Waals surface area contributed by atoms with Gasteiger partial charge in [0.05, 0.1) is 7.05 Å². The number of hydrogen-bond donors (Lipinski definition) is 2. The maximum absolute atomic E-state index is 11.9. The summed E-state index contributed by atoms with van der Waals surface area (Å²) in [6.45, 7) is 2.00. The Hall–Kier alpha value is -1.36. The molecule has 1 amide bonds. The molecule has 0 fully saturated rings. The highest BCUT2D eigenvalue weighted by molar-refractivity contribution is 7.09. The third kappa shape index (κ3) is 5.87. The molecule has 3 nitrogen and oxygen atoms in total. The van der Waals surface area contributed by atoms with E-state index in [2.05, 4.69) is 16.8 Å². The molecule has 1 aromatic carbocycles. The second kappa shape index (κ2) is 8.17. The van der Waals surface area contributed by atoms with Gasteiger partial charge in [-0.05, 0) is 30.0 Å². The predicted octanol–water partition coefficient (Wildman–Crippen LogP) is 1.78. The number of halogens is 1. The van der Waals surface area contributed by atoms with Crippen molar-refractivity contribution >= 4 is 28.8 Å². The lowest BCUT2D eigenvalue weighted by molar-refractivity contribution is -0.885. The molecule has 1 aromatic heterocycles. The molecular formula is C16H20ClN2OS+. The average molecular weight is 324 g/mol. The number of amides is 1. The molecule has 0 saturated heterocycles. The Bertz CT molecular complexity index is 554. The molecule has 1 unspecified atom stereocenters. The number of thiophene rings is 1. The van der Waals surface area contributed by atoms with Crippen LogP contribution >= 0.6 is 22.9 Å². The van der Waals surface area contributed by atoms with Crippen LogP contribution < -0.4 is 10.2 Å². The molecular weight excluding hydrogens is 304 g/mol. The van der Waals surface area contributed by atoms with E-state index in [0.717, 1.165) is 22.9 Å². The number of benzene rings is 1. The number of hydrogen-bond acceptors (Lipinski definition) is 2. The quantitative estimate of drug-likeness (QED) is 0.800. The lowest BCUT2D eigenvalue weighted by Gasteiger charge is -2.13. The van der Waals surface area contributed by atoms with Gasteiger partial charge in [-0.2, -0.15) is 0 Å². The summed E-state index contributed by atoms with van der Waals surface area (Å²) in [4.78, 5) is 14.3. The first-order chi connectivity index (χ1) is 10.1. The highest BCUT2D eigenvalue weighted by atomic mass is 35.5. The minimum absolute atomic E-state index is 0.0954. The van der Waals surface area contributed by atoms with Crippen LogP contribution in [0.1, 0.15) is 10.4 Å². The number of nitrogens with one attached hydrogen (secondary N) is 2. The molecule has 1 heterocycles. The minimum atomic E-state index is 0.0954. The Balaban J connectivity index is 1.68. The van der Waals surface area contributed by atoms with Crippen LogP contribution in [0, 0.1) is 0 Å². The van der Waals surface area contributed by atoms with E-state index in [0.29, 0.717) is 13.1 Å². The zero-order valence-corrected chi connectivity index (χ0v) is 13.6. The number of carbonyl (C=O) groups excluding carboxylic acids is 1. The fourth-order valence-electron chi connectivity index (χ4n) is 2.13. The van der Waals surface area contributed by atoms with Gasteiger partial charge >= 0.3 is 0 Å². The molecule has 21 heavy (non-hydrogen) atoms. The fraction of sp³-hybridized carbons (Fsp3) is 0.312. The summed E-state index contributed by atoms with van der Waals surface area (Å²) in [5.41, 5.74) is 1.18. The van der Waals surface area contributed by atoms with E-state index < -0.39 is 0 Å². The Kier molecular flexibility index (Phi) is 6.23. The smallest absolute Gasteiger partial charge is 0.275 e. The van der Waals surface area contributed by atoms with Gasteiger partial charge in [-0.25, -0.2) is 0 Å². The largest absolute Gasteiger partial charge is 0.351 e. The number of likely N-dealkylation sites (N-methyl/N-ethyl adjacent to an activating group) is 1. The van der Waals surface area contributed by atoms with Gasteiger partial charge in [-0.15, -0.1) is 11.3 Å². The second-order valence-corrected chi connectivity index (χ2v) is 6.59. The van der Waals surface area contributed by atoms with Crippen LogP contribution in [-0.4, -0.2) is 26.0 Å². The first-order valence-electron chi connectivity index (χ1n) is 6.98. The van der Waals surface area contributed by atoms with E-state index in [9.17, 15) is 4.79 Å². The number of rotatable bonds is 7. The van der Waals surface area contributed by atoms with E-state index >= 15 is 0 Å². The Morgan fingerprint density at radius 3 is 2.71 bits per heavy atom. The van der Waals surface area contributed by atoms with Crippen LogP contribution in [0.2, 0.25) is 5.02 Å². The van der Waals surface area contributed by atoms with Crippen molar-refractivity contribution in [2.75, 3.05) is 20.1 Å². The summed E-state index contributed by atoms with van der Waals surface area (Å²) in [5.74, 6) is 0.0954. The Morgan fingerprint density at radius 2 is 2.05 bits per heavy atom. The molecule has 0 aliphatic heterocycles. The van der Waals surface area contributed by atoms with E-state index in [1.165, 1.54) is 10.4 Å². The Morgan fingerprint density at radius 1 is 1.29 bits per heavy atom. The predicted molar refractivity (Wildman–Crippen MR) is 87.9 cm³/mol. The average Bonchev–Trinajstić information content (AvgIpc) is 2.94. The Labute approximate surface area is 134 Å². The normalized spacial score (nSPS) is 12.1. The molecule has 5 heteroatoms. The fourth-order valence-corrected chi connectivity index (χ4v) is 2.96. The van der Waals surface area contributed by atoms with Crippen LogP contribution in [-0.2, 0) is 17.8 Å². The third-order valence-corrected chi connectivity index (χ3v) is 4.34. The SMILES string of the molecule is C[NH+](CC(=O)NCCc1cccs1)Cc1ccc(Cl)cc1. The molecule has 1 atom stereocenters. The van der Waals surface area contributed by atoms with Crippen LogP contribution in [0.4, 0.5) is 0 Å². The first kappa shape index (κ1) is 16.0. The van der Waals surface area contributed by atoms with E-state index in [1.807, 2.05) is 37.4 Å². The summed E-state index contributed by atoms with van der Waals surface area (Å²) >= 11 is 7.59. The van der Waals surface area contributed by atoms with Gasteiger partial charge in [0.15, 0.2) is 6.54 Å². The summed E-state index contributed by atoms with van der Waals surface area (Å²) in [6, 6.07) is 11.9. The number of carbonyl (C=O) groups is 1. The van der Waals surface area contributed by atoms with Gasteiger partial charge in [0.1, 0.15) is 6.54 Å². The highest BCUT2D eigenvalue weighted by Crippen LogP contribution is 2.08. The molecule has 2 N–H and O–H groups in total. The van der Waals surface area contributed by atoms with Crippen molar-refractivity contribution in [1.82, 2.24) is 5.32 Å². The van der Waals surface area contributed by atoms with E-state index in [-0.39, 0.29) is 5.91 Å². The highest BCUT2D eigenvalue weighted by Gasteiger charge is 2.10. The van der Waals surface area contributed by atoms with Gasteiger partial charge < -0.3 is 10.2 Å². The van der Waals surface area contributed by atoms with Crippen molar-refractivity contribution in [3.05, 3.63) is 57.2 Å². The molecule has 0 spiro atoms. The molecule has 112 valence electrons. The zero-order valence-electron chi connectivity index (χ0n) is 12.1. The van der Waals surface area contributed by atoms with Crippen molar-refractivity contribution < 1.29 is 9.69 Å². The van der Waals surface area contributed by atoms with Crippen molar-refractivity contribution in [2.45, 2.75) is 13.0 Å². The van der Waals surface area contributed by atoms with Crippen molar-refractivity contribution in [3.8, 4) is 0 Å². The summed E-state index contributed by atoms with van der Waals surface area (Å²) in [6.07, 6.45) is 0.902. The molecule has 0 aliphatic rings. The topological polar surface area (TPSA) is 33.5 Å². The van der Waals surface area contributed by atoms with Crippen molar-refractivity contribution in [2.24, 2.45) is 0 Å². The molecule has 0 bridgehead atoms. The van der Waals surface area contributed by atoms with Gasteiger partial charge in [-0.1, -0.05) is 29.8 Å². The van der Waals surface area contributed by atoms with Gasteiger partial charge in [0.2, 0.25) is 0 Å².